The number of unbranched alkanes of at least 4 members (excludes halogenated alkanes) is 2. The summed E-state index contributed by atoms with van der Waals surface area (Å²) in [6.45, 7) is 3.62. The molecule has 2 nitrogen and oxygen atoms in total. The minimum absolute atomic E-state index is 0.202. The molecule has 0 unspecified atom stereocenters. The third kappa shape index (κ3) is 5.43. The maximum Gasteiger partial charge on any atom is 0.162 e. The van der Waals surface area contributed by atoms with Gasteiger partial charge in [-0.25, -0.2) is 0 Å². The molecule has 92 valence electrons. The zero-order chi connectivity index (χ0) is 12.7. The fourth-order valence-electron chi connectivity index (χ4n) is 1.72. The molecular weight excluding hydrogens is 212 g/mol. The number of hydrogen-bond donors (Lipinski definition) is 0. The number of ketones is 2. The van der Waals surface area contributed by atoms with Gasteiger partial charge in [-0.05, 0) is 26.7 Å². The maximum atomic E-state index is 11.8. The molecule has 2 heteroatoms. The Morgan fingerprint density at radius 1 is 0.941 bits per heavy atom. The van der Waals surface area contributed by atoms with Gasteiger partial charge in [0.2, 0.25) is 0 Å². The van der Waals surface area contributed by atoms with Gasteiger partial charge in [-0.3, -0.25) is 4.79 Å². The molecule has 0 heterocycles. The van der Waals surface area contributed by atoms with Crippen LogP contribution in [0.2, 0.25) is 0 Å². The summed E-state index contributed by atoms with van der Waals surface area (Å²) in [5.74, 6) is 0.433. The molecule has 0 N–H and O–H groups in total. The van der Waals surface area contributed by atoms with Gasteiger partial charge in [0.15, 0.2) is 5.78 Å². The predicted octanol–water partition coefficient (Wildman–Crippen LogP) is 3.72. The van der Waals surface area contributed by atoms with Gasteiger partial charge in [-0.2, -0.15) is 0 Å². The molecule has 0 saturated carbocycles. The van der Waals surface area contributed by atoms with Crippen molar-refractivity contribution in [1.29, 1.82) is 0 Å². The third-order valence-electron chi connectivity index (χ3n) is 2.81. The van der Waals surface area contributed by atoms with E-state index < -0.39 is 0 Å². The lowest BCUT2D eigenvalue weighted by Crippen LogP contribution is -1.99. The molecule has 0 amide bonds. The van der Waals surface area contributed by atoms with Gasteiger partial charge >= 0.3 is 0 Å². The van der Waals surface area contributed by atoms with Crippen LogP contribution in [0.3, 0.4) is 0 Å². The number of carbonyl (C=O) groups is 2. The summed E-state index contributed by atoms with van der Waals surface area (Å²) < 4.78 is 0. The summed E-state index contributed by atoms with van der Waals surface area (Å²) in [7, 11) is 0. The molecule has 0 spiro atoms. The van der Waals surface area contributed by atoms with E-state index in [2.05, 4.69) is 0 Å². The predicted molar refractivity (Wildman–Crippen MR) is 69.3 cm³/mol. The van der Waals surface area contributed by atoms with Crippen LogP contribution in [0.15, 0.2) is 24.3 Å². The molecule has 0 bridgehead atoms. The van der Waals surface area contributed by atoms with Crippen LogP contribution in [0.5, 0.6) is 0 Å². The second-order valence-corrected chi connectivity index (χ2v) is 4.55. The monoisotopic (exact) mass is 232 g/mol. The summed E-state index contributed by atoms with van der Waals surface area (Å²) in [6, 6.07) is 7.69. The molecule has 0 radical (unpaired) electrons. The van der Waals surface area contributed by atoms with Crippen LogP contribution in [-0.4, -0.2) is 11.6 Å². The van der Waals surface area contributed by atoms with Crippen molar-refractivity contribution in [2.24, 2.45) is 0 Å². The van der Waals surface area contributed by atoms with Crippen molar-refractivity contribution in [3.63, 3.8) is 0 Å². The van der Waals surface area contributed by atoms with E-state index in [0.29, 0.717) is 12.8 Å². The Balaban J connectivity index is 2.25. The van der Waals surface area contributed by atoms with E-state index in [1.165, 1.54) is 5.56 Å². The van der Waals surface area contributed by atoms with Gasteiger partial charge in [0, 0.05) is 18.4 Å². The zero-order valence-electron chi connectivity index (χ0n) is 10.7. The van der Waals surface area contributed by atoms with Gasteiger partial charge < -0.3 is 4.79 Å². The molecule has 0 aliphatic rings. The minimum Gasteiger partial charge on any atom is -0.300 e. The molecule has 1 aromatic carbocycles. The first kappa shape index (κ1) is 13.6. The van der Waals surface area contributed by atoms with Crippen molar-refractivity contribution in [3.05, 3.63) is 35.4 Å². The van der Waals surface area contributed by atoms with E-state index in [1.807, 2.05) is 31.2 Å². The fourth-order valence-corrected chi connectivity index (χ4v) is 1.72. The molecular formula is C15H20O2. The number of carbonyl (C=O) groups excluding carboxylic acids is 2. The van der Waals surface area contributed by atoms with Gasteiger partial charge in [-0.1, -0.05) is 36.2 Å². The first-order valence-corrected chi connectivity index (χ1v) is 6.19. The van der Waals surface area contributed by atoms with Crippen molar-refractivity contribution >= 4 is 11.6 Å². The van der Waals surface area contributed by atoms with E-state index in [0.717, 1.165) is 24.8 Å². The van der Waals surface area contributed by atoms with Crippen LogP contribution in [0.25, 0.3) is 0 Å². The average molecular weight is 232 g/mol. The van der Waals surface area contributed by atoms with E-state index in [-0.39, 0.29) is 11.6 Å². The van der Waals surface area contributed by atoms with E-state index in [9.17, 15) is 9.59 Å². The molecule has 0 aliphatic carbocycles. The molecule has 0 aromatic heterocycles. The van der Waals surface area contributed by atoms with Crippen LogP contribution in [0, 0.1) is 6.92 Å². The summed E-state index contributed by atoms with van der Waals surface area (Å²) >= 11 is 0. The largest absolute Gasteiger partial charge is 0.300 e. The highest BCUT2D eigenvalue weighted by molar-refractivity contribution is 5.96. The van der Waals surface area contributed by atoms with E-state index in [1.54, 1.807) is 6.92 Å². The minimum atomic E-state index is 0.202. The van der Waals surface area contributed by atoms with Gasteiger partial charge in [0.1, 0.15) is 5.78 Å². The lowest BCUT2D eigenvalue weighted by atomic mass is 10.0. The Kier molecular flexibility index (Phi) is 5.61. The highest BCUT2D eigenvalue weighted by Gasteiger charge is 2.04. The molecule has 1 aromatic rings. The summed E-state index contributed by atoms with van der Waals surface area (Å²) in [4.78, 5) is 22.5. The number of rotatable bonds is 7. The van der Waals surface area contributed by atoms with Crippen LogP contribution in [0.1, 0.15) is 54.9 Å². The van der Waals surface area contributed by atoms with Gasteiger partial charge in [0.25, 0.3) is 0 Å². The van der Waals surface area contributed by atoms with Crippen molar-refractivity contribution < 1.29 is 9.59 Å². The average Bonchev–Trinajstić information content (AvgIpc) is 2.29. The Morgan fingerprint density at radius 2 is 1.53 bits per heavy atom. The van der Waals surface area contributed by atoms with Crippen LogP contribution in [-0.2, 0) is 4.79 Å². The second kappa shape index (κ2) is 7.00. The smallest absolute Gasteiger partial charge is 0.162 e. The molecule has 1 rings (SSSR count). The summed E-state index contributed by atoms with van der Waals surface area (Å²) in [5.41, 5.74) is 1.96. The Bertz CT molecular complexity index is 376. The molecule has 0 saturated heterocycles. The first-order valence-electron chi connectivity index (χ1n) is 6.19. The van der Waals surface area contributed by atoms with Crippen molar-refractivity contribution in [1.82, 2.24) is 0 Å². The van der Waals surface area contributed by atoms with Gasteiger partial charge in [0.05, 0.1) is 0 Å². The zero-order valence-corrected chi connectivity index (χ0v) is 10.7. The number of benzene rings is 1. The number of aryl methyl sites for hydroxylation is 1. The molecule has 0 aliphatic heterocycles. The summed E-state index contributed by atoms with van der Waals surface area (Å²) in [6.07, 6.45) is 3.95. The lowest BCUT2D eigenvalue weighted by Gasteiger charge is -2.01. The Hall–Kier alpha value is -1.44. The number of Topliss-reactive ketones (excluding diaryl/α,β-unsaturated/α-hetero) is 2. The van der Waals surface area contributed by atoms with Crippen molar-refractivity contribution in [3.8, 4) is 0 Å². The topological polar surface area (TPSA) is 34.1 Å². The second-order valence-electron chi connectivity index (χ2n) is 4.55. The number of hydrogen-bond acceptors (Lipinski definition) is 2. The maximum absolute atomic E-state index is 11.8. The molecule has 17 heavy (non-hydrogen) atoms. The van der Waals surface area contributed by atoms with Crippen molar-refractivity contribution in [2.45, 2.75) is 46.0 Å². The summed E-state index contributed by atoms with van der Waals surface area (Å²) in [5, 5.41) is 0. The third-order valence-corrected chi connectivity index (χ3v) is 2.81. The van der Waals surface area contributed by atoms with E-state index >= 15 is 0 Å². The lowest BCUT2D eigenvalue weighted by molar-refractivity contribution is -0.117. The standard InChI is InChI=1S/C15H20O2/c1-12-8-10-14(11-9-12)15(17)7-5-3-4-6-13(2)16/h8-11H,3-7H2,1-2H3. The first-order chi connectivity index (χ1) is 8.09. The SMILES string of the molecule is CC(=O)CCCCCC(=O)c1ccc(C)cc1. The normalized spacial score (nSPS) is 10.2. The highest BCUT2D eigenvalue weighted by Crippen LogP contribution is 2.10. The van der Waals surface area contributed by atoms with Crippen LogP contribution >= 0.6 is 0 Å². The molecule has 0 atom stereocenters. The molecule has 0 fully saturated rings. The Morgan fingerprint density at radius 3 is 2.12 bits per heavy atom. The fraction of sp³-hybridized carbons (Fsp3) is 0.467. The van der Waals surface area contributed by atoms with Crippen LogP contribution in [0.4, 0.5) is 0 Å². The highest BCUT2D eigenvalue weighted by atomic mass is 16.1. The van der Waals surface area contributed by atoms with Gasteiger partial charge in [-0.15, -0.1) is 0 Å². The van der Waals surface area contributed by atoms with Crippen molar-refractivity contribution in [2.75, 3.05) is 0 Å². The van der Waals surface area contributed by atoms with E-state index in [4.69, 9.17) is 0 Å². The Labute approximate surface area is 103 Å². The quantitative estimate of drug-likeness (QED) is 0.530. The van der Waals surface area contributed by atoms with Crippen LogP contribution < -0.4 is 0 Å².